The first-order chi connectivity index (χ1) is 9.65. The van der Waals surface area contributed by atoms with Gasteiger partial charge in [0.25, 0.3) is 0 Å². The van der Waals surface area contributed by atoms with Gasteiger partial charge in [-0.25, -0.2) is 13.6 Å². The van der Waals surface area contributed by atoms with Crippen molar-refractivity contribution in [2.45, 2.75) is 6.42 Å². The predicted molar refractivity (Wildman–Crippen MR) is 71.3 cm³/mol. The van der Waals surface area contributed by atoms with Crippen LogP contribution < -0.4 is 10.6 Å². The number of benzene rings is 1. The number of nitrogens with one attached hydrogen (secondary N) is 2. The standard InChI is InChI=1S/C14H13F2N3O/c15-11-1-2-13(12(16)9-11)19-14(20)18-8-5-10-3-6-17-7-4-10/h1-4,6-7,9H,5,8H2,(H2,18,19,20). The van der Waals surface area contributed by atoms with Crippen LogP contribution in [0.2, 0.25) is 0 Å². The summed E-state index contributed by atoms with van der Waals surface area (Å²) in [6, 6.07) is 6.12. The van der Waals surface area contributed by atoms with E-state index in [1.54, 1.807) is 12.4 Å². The Morgan fingerprint density at radius 1 is 1.15 bits per heavy atom. The minimum absolute atomic E-state index is 0.0622. The zero-order valence-corrected chi connectivity index (χ0v) is 10.6. The van der Waals surface area contributed by atoms with Crippen molar-refractivity contribution in [2.75, 3.05) is 11.9 Å². The number of nitrogens with zero attached hydrogens (tertiary/aromatic N) is 1. The molecule has 0 bridgehead atoms. The molecule has 1 aromatic heterocycles. The number of halogens is 2. The summed E-state index contributed by atoms with van der Waals surface area (Å²) in [4.78, 5) is 15.4. The zero-order valence-electron chi connectivity index (χ0n) is 10.6. The van der Waals surface area contributed by atoms with Crippen molar-refractivity contribution in [2.24, 2.45) is 0 Å². The van der Waals surface area contributed by atoms with Gasteiger partial charge in [0.15, 0.2) is 0 Å². The molecule has 2 N–H and O–H groups in total. The van der Waals surface area contributed by atoms with Crippen molar-refractivity contribution in [1.82, 2.24) is 10.3 Å². The molecule has 4 nitrogen and oxygen atoms in total. The number of pyridine rings is 1. The fourth-order valence-corrected chi connectivity index (χ4v) is 1.63. The van der Waals surface area contributed by atoms with Gasteiger partial charge >= 0.3 is 6.03 Å². The Morgan fingerprint density at radius 2 is 1.90 bits per heavy atom. The van der Waals surface area contributed by atoms with E-state index in [4.69, 9.17) is 0 Å². The molecule has 20 heavy (non-hydrogen) atoms. The lowest BCUT2D eigenvalue weighted by molar-refractivity contribution is 0.252. The molecule has 0 aliphatic rings. The van der Waals surface area contributed by atoms with Crippen LogP contribution >= 0.6 is 0 Å². The smallest absolute Gasteiger partial charge is 0.319 e. The largest absolute Gasteiger partial charge is 0.338 e. The van der Waals surface area contributed by atoms with Crippen LogP contribution in [0.1, 0.15) is 5.56 Å². The highest BCUT2D eigenvalue weighted by Crippen LogP contribution is 2.14. The molecular formula is C14H13F2N3O. The van der Waals surface area contributed by atoms with Crippen molar-refractivity contribution < 1.29 is 13.6 Å². The summed E-state index contributed by atoms with van der Waals surface area (Å²) < 4.78 is 26.0. The van der Waals surface area contributed by atoms with Crippen LogP contribution in [0.4, 0.5) is 19.3 Å². The molecule has 0 spiro atoms. The van der Waals surface area contributed by atoms with Gasteiger partial charge in [-0.1, -0.05) is 0 Å². The highest BCUT2D eigenvalue weighted by Gasteiger charge is 2.07. The van der Waals surface area contributed by atoms with E-state index in [2.05, 4.69) is 15.6 Å². The minimum Gasteiger partial charge on any atom is -0.338 e. The van der Waals surface area contributed by atoms with Crippen LogP contribution in [-0.2, 0) is 6.42 Å². The lowest BCUT2D eigenvalue weighted by Crippen LogP contribution is -2.30. The molecule has 0 atom stereocenters. The lowest BCUT2D eigenvalue weighted by Gasteiger charge is -2.08. The molecular weight excluding hydrogens is 264 g/mol. The van der Waals surface area contributed by atoms with E-state index >= 15 is 0 Å². The summed E-state index contributed by atoms with van der Waals surface area (Å²) >= 11 is 0. The maximum absolute atomic E-state index is 13.3. The number of aromatic nitrogens is 1. The van der Waals surface area contributed by atoms with Gasteiger partial charge in [-0.2, -0.15) is 0 Å². The third kappa shape index (κ3) is 4.01. The molecule has 0 aliphatic carbocycles. The zero-order chi connectivity index (χ0) is 14.4. The first-order valence-corrected chi connectivity index (χ1v) is 6.04. The van der Waals surface area contributed by atoms with E-state index < -0.39 is 17.7 Å². The molecule has 0 saturated heterocycles. The van der Waals surface area contributed by atoms with Gasteiger partial charge in [-0.15, -0.1) is 0 Å². The Bertz CT molecular complexity index is 590. The van der Waals surface area contributed by atoms with Crippen LogP contribution in [-0.4, -0.2) is 17.6 Å². The average Bonchev–Trinajstić information content (AvgIpc) is 2.43. The number of anilines is 1. The van der Waals surface area contributed by atoms with E-state index in [0.29, 0.717) is 19.0 Å². The van der Waals surface area contributed by atoms with Gasteiger partial charge in [-0.05, 0) is 36.2 Å². The van der Waals surface area contributed by atoms with Crippen LogP contribution in [0.25, 0.3) is 0 Å². The fraction of sp³-hybridized carbons (Fsp3) is 0.143. The second-order valence-electron chi connectivity index (χ2n) is 4.11. The summed E-state index contributed by atoms with van der Waals surface area (Å²) in [6.07, 6.45) is 3.98. The molecule has 0 unspecified atom stereocenters. The Labute approximate surface area is 114 Å². The average molecular weight is 277 g/mol. The Balaban J connectivity index is 1.81. The molecule has 0 aliphatic heterocycles. The van der Waals surface area contributed by atoms with Crippen LogP contribution in [0, 0.1) is 11.6 Å². The number of carbonyl (C=O) groups excluding carboxylic acids is 1. The quantitative estimate of drug-likeness (QED) is 0.902. The molecule has 2 aromatic rings. The number of hydrogen-bond donors (Lipinski definition) is 2. The van der Waals surface area contributed by atoms with E-state index in [0.717, 1.165) is 11.6 Å². The first-order valence-electron chi connectivity index (χ1n) is 6.04. The molecule has 0 saturated carbocycles. The summed E-state index contributed by atoms with van der Waals surface area (Å²) in [5, 5.41) is 4.91. The molecule has 6 heteroatoms. The maximum Gasteiger partial charge on any atom is 0.319 e. The Hall–Kier alpha value is -2.50. The molecule has 0 radical (unpaired) electrons. The number of rotatable bonds is 4. The number of amides is 2. The van der Waals surface area contributed by atoms with E-state index in [1.807, 2.05) is 12.1 Å². The maximum atomic E-state index is 13.3. The van der Waals surface area contributed by atoms with Crippen LogP contribution in [0.15, 0.2) is 42.7 Å². The van der Waals surface area contributed by atoms with Crippen LogP contribution in [0.5, 0.6) is 0 Å². The normalized spacial score (nSPS) is 10.1. The molecule has 1 aromatic carbocycles. The van der Waals surface area contributed by atoms with E-state index in [9.17, 15) is 13.6 Å². The van der Waals surface area contributed by atoms with E-state index in [-0.39, 0.29) is 5.69 Å². The second-order valence-corrected chi connectivity index (χ2v) is 4.11. The molecule has 0 fully saturated rings. The molecule has 1 heterocycles. The molecule has 104 valence electrons. The molecule has 2 rings (SSSR count). The summed E-state index contributed by atoms with van der Waals surface area (Å²) in [7, 11) is 0. The third-order valence-corrected chi connectivity index (χ3v) is 2.63. The van der Waals surface area contributed by atoms with Crippen molar-refractivity contribution in [3.8, 4) is 0 Å². The van der Waals surface area contributed by atoms with Crippen molar-refractivity contribution in [3.63, 3.8) is 0 Å². The van der Waals surface area contributed by atoms with Gasteiger partial charge in [0, 0.05) is 25.0 Å². The topological polar surface area (TPSA) is 54.0 Å². The SMILES string of the molecule is O=C(NCCc1ccncc1)Nc1ccc(F)cc1F. The van der Waals surface area contributed by atoms with Gasteiger partial charge < -0.3 is 10.6 Å². The third-order valence-electron chi connectivity index (χ3n) is 2.63. The summed E-state index contributed by atoms with van der Waals surface area (Å²) in [6.45, 7) is 0.401. The highest BCUT2D eigenvalue weighted by atomic mass is 19.1. The van der Waals surface area contributed by atoms with Crippen molar-refractivity contribution in [1.29, 1.82) is 0 Å². The summed E-state index contributed by atoms with van der Waals surface area (Å²) in [5.74, 6) is -1.50. The van der Waals surface area contributed by atoms with E-state index in [1.165, 1.54) is 6.07 Å². The monoisotopic (exact) mass is 277 g/mol. The highest BCUT2D eigenvalue weighted by molar-refractivity contribution is 5.89. The molecule has 2 amide bonds. The Morgan fingerprint density at radius 3 is 2.60 bits per heavy atom. The van der Waals surface area contributed by atoms with Gasteiger partial charge in [0.05, 0.1) is 5.69 Å². The van der Waals surface area contributed by atoms with Crippen molar-refractivity contribution in [3.05, 3.63) is 59.9 Å². The predicted octanol–water partition coefficient (Wildman–Crippen LogP) is 2.72. The number of hydrogen-bond acceptors (Lipinski definition) is 2. The number of carbonyl (C=O) groups is 1. The van der Waals surface area contributed by atoms with Crippen LogP contribution in [0.3, 0.4) is 0 Å². The lowest BCUT2D eigenvalue weighted by atomic mass is 10.2. The fourth-order valence-electron chi connectivity index (χ4n) is 1.63. The van der Waals surface area contributed by atoms with Crippen molar-refractivity contribution >= 4 is 11.7 Å². The first kappa shape index (κ1) is 13.9. The van der Waals surface area contributed by atoms with Gasteiger partial charge in [0.1, 0.15) is 11.6 Å². The summed E-state index contributed by atoms with van der Waals surface area (Å²) in [5.41, 5.74) is 0.973. The minimum atomic E-state index is -0.811. The number of urea groups is 1. The second kappa shape index (κ2) is 6.60. The Kier molecular flexibility index (Phi) is 4.60. The van der Waals surface area contributed by atoms with Gasteiger partial charge in [0.2, 0.25) is 0 Å². The van der Waals surface area contributed by atoms with Gasteiger partial charge in [-0.3, -0.25) is 4.98 Å².